The second-order valence-corrected chi connectivity index (χ2v) is 3.47. The Bertz CT molecular complexity index is 384. The number of ether oxygens (including phenoxy) is 1. The lowest BCUT2D eigenvalue weighted by Crippen LogP contribution is -2.17. The van der Waals surface area contributed by atoms with E-state index in [4.69, 9.17) is 26.9 Å². The molecule has 1 rings (SSSR count). The second kappa shape index (κ2) is 5.62. The lowest BCUT2D eigenvalue weighted by atomic mass is 10.3. The van der Waals surface area contributed by atoms with E-state index >= 15 is 0 Å². The van der Waals surface area contributed by atoms with Crippen molar-refractivity contribution in [3.8, 4) is 5.88 Å². The van der Waals surface area contributed by atoms with Gasteiger partial charge in [0.1, 0.15) is 11.4 Å². The van der Waals surface area contributed by atoms with Crippen molar-refractivity contribution in [3.63, 3.8) is 0 Å². The SMILES string of the molecule is COc1nc(Cl)nc(C=N)c1NC[C@@H](C)O. The highest BCUT2D eigenvalue weighted by Crippen LogP contribution is 2.25. The van der Waals surface area contributed by atoms with Gasteiger partial charge in [-0.1, -0.05) is 0 Å². The lowest BCUT2D eigenvalue weighted by molar-refractivity contribution is 0.208. The van der Waals surface area contributed by atoms with E-state index in [1.54, 1.807) is 6.92 Å². The largest absolute Gasteiger partial charge is 0.479 e. The Labute approximate surface area is 98.1 Å². The predicted molar refractivity (Wildman–Crippen MR) is 61.7 cm³/mol. The number of aliphatic hydroxyl groups is 1. The summed E-state index contributed by atoms with van der Waals surface area (Å²) in [5.41, 5.74) is 0.764. The molecule has 1 aromatic rings. The van der Waals surface area contributed by atoms with Gasteiger partial charge in [0.25, 0.3) is 0 Å². The molecule has 7 heteroatoms. The third-order valence-electron chi connectivity index (χ3n) is 1.78. The summed E-state index contributed by atoms with van der Waals surface area (Å²) in [7, 11) is 1.44. The van der Waals surface area contributed by atoms with Gasteiger partial charge in [-0.3, -0.25) is 0 Å². The third-order valence-corrected chi connectivity index (χ3v) is 1.95. The summed E-state index contributed by atoms with van der Waals surface area (Å²) in [4.78, 5) is 7.73. The number of rotatable bonds is 5. The number of aliphatic hydroxyl groups excluding tert-OH is 1. The Hall–Kier alpha value is -1.40. The van der Waals surface area contributed by atoms with E-state index in [-0.39, 0.29) is 11.2 Å². The molecule has 0 fully saturated rings. The van der Waals surface area contributed by atoms with E-state index in [9.17, 15) is 0 Å². The number of halogens is 1. The van der Waals surface area contributed by atoms with E-state index in [0.717, 1.165) is 6.21 Å². The fraction of sp³-hybridized carbons (Fsp3) is 0.444. The normalized spacial score (nSPS) is 12.0. The molecule has 1 aromatic heterocycles. The molecule has 0 saturated heterocycles. The molecule has 0 aliphatic heterocycles. The molecular formula is C9H13ClN4O2. The molecule has 0 radical (unpaired) electrons. The molecule has 0 unspecified atom stereocenters. The second-order valence-electron chi connectivity index (χ2n) is 3.14. The van der Waals surface area contributed by atoms with Crippen LogP contribution in [0.25, 0.3) is 0 Å². The van der Waals surface area contributed by atoms with Crippen molar-refractivity contribution in [2.45, 2.75) is 13.0 Å². The van der Waals surface area contributed by atoms with Gasteiger partial charge in [-0.2, -0.15) is 4.98 Å². The first kappa shape index (κ1) is 12.7. The maximum atomic E-state index is 9.17. The van der Waals surface area contributed by atoms with Crippen molar-refractivity contribution in [1.29, 1.82) is 5.41 Å². The highest BCUT2D eigenvalue weighted by molar-refractivity contribution is 6.28. The summed E-state index contributed by atoms with van der Waals surface area (Å²) < 4.78 is 5.02. The minimum atomic E-state index is -0.529. The Kier molecular flexibility index (Phi) is 4.45. The zero-order valence-corrected chi connectivity index (χ0v) is 9.75. The van der Waals surface area contributed by atoms with Crippen LogP contribution in [0.2, 0.25) is 5.28 Å². The van der Waals surface area contributed by atoms with Crippen LogP contribution in [0.5, 0.6) is 5.88 Å². The molecule has 0 saturated carbocycles. The molecule has 0 amide bonds. The molecule has 88 valence electrons. The molecule has 0 aliphatic rings. The van der Waals surface area contributed by atoms with E-state index in [1.807, 2.05) is 0 Å². The Morgan fingerprint density at radius 2 is 2.31 bits per heavy atom. The Morgan fingerprint density at radius 3 is 2.81 bits per heavy atom. The smallest absolute Gasteiger partial charge is 0.242 e. The predicted octanol–water partition coefficient (Wildman–Crippen LogP) is 0.929. The van der Waals surface area contributed by atoms with Crippen LogP contribution in [0.4, 0.5) is 5.69 Å². The van der Waals surface area contributed by atoms with Gasteiger partial charge >= 0.3 is 0 Å². The number of aromatic nitrogens is 2. The minimum absolute atomic E-state index is 0.0120. The van der Waals surface area contributed by atoms with Gasteiger partial charge in [-0.25, -0.2) is 4.98 Å². The van der Waals surface area contributed by atoms with Crippen LogP contribution in [0.1, 0.15) is 12.6 Å². The van der Waals surface area contributed by atoms with E-state index in [1.165, 1.54) is 7.11 Å². The van der Waals surface area contributed by atoms with Crippen molar-refractivity contribution in [3.05, 3.63) is 11.0 Å². The van der Waals surface area contributed by atoms with Gasteiger partial charge in [-0.05, 0) is 18.5 Å². The third kappa shape index (κ3) is 3.04. The van der Waals surface area contributed by atoms with Crippen LogP contribution in [0.3, 0.4) is 0 Å². The molecule has 0 aliphatic carbocycles. The summed E-state index contributed by atoms with van der Waals surface area (Å²) in [6.45, 7) is 1.95. The number of anilines is 1. The zero-order chi connectivity index (χ0) is 12.1. The van der Waals surface area contributed by atoms with Gasteiger partial charge < -0.3 is 20.6 Å². The fourth-order valence-corrected chi connectivity index (χ4v) is 1.27. The first-order valence-electron chi connectivity index (χ1n) is 4.62. The topological polar surface area (TPSA) is 91.1 Å². The Morgan fingerprint density at radius 1 is 1.62 bits per heavy atom. The number of nitrogens with one attached hydrogen (secondary N) is 2. The van der Waals surface area contributed by atoms with Crippen molar-refractivity contribution in [2.75, 3.05) is 19.0 Å². The molecule has 3 N–H and O–H groups in total. The van der Waals surface area contributed by atoms with Crippen molar-refractivity contribution < 1.29 is 9.84 Å². The van der Waals surface area contributed by atoms with Crippen LogP contribution in [-0.2, 0) is 0 Å². The van der Waals surface area contributed by atoms with Gasteiger partial charge in [0.15, 0.2) is 0 Å². The number of nitrogens with zero attached hydrogens (tertiary/aromatic N) is 2. The summed E-state index contributed by atoms with van der Waals surface area (Å²) in [6.07, 6.45) is 0.513. The quantitative estimate of drug-likeness (QED) is 0.529. The molecule has 0 aromatic carbocycles. The maximum Gasteiger partial charge on any atom is 0.242 e. The van der Waals surface area contributed by atoms with Crippen LogP contribution >= 0.6 is 11.6 Å². The molecule has 16 heavy (non-hydrogen) atoms. The first-order chi connectivity index (χ1) is 7.58. The molecule has 1 atom stereocenters. The van der Waals surface area contributed by atoms with Gasteiger partial charge in [0.05, 0.1) is 13.2 Å². The van der Waals surface area contributed by atoms with Crippen molar-refractivity contribution in [1.82, 2.24) is 9.97 Å². The standard InChI is InChI=1S/C9H13ClN4O2/c1-5(15)4-12-7-6(3-11)13-9(10)14-8(7)16-2/h3,5,11-12,15H,4H2,1-2H3/t5-/m1/s1. The molecule has 0 bridgehead atoms. The van der Waals surface area contributed by atoms with Crippen molar-refractivity contribution >= 4 is 23.5 Å². The van der Waals surface area contributed by atoms with Crippen molar-refractivity contribution in [2.24, 2.45) is 0 Å². The van der Waals surface area contributed by atoms with E-state index < -0.39 is 6.10 Å². The number of hydrogen-bond acceptors (Lipinski definition) is 6. The minimum Gasteiger partial charge on any atom is -0.479 e. The van der Waals surface area contributed by atoms with Crippen LogP contribution in [0.15, 0.2) is 0 Å². The lowest BCUT2D eigenvalue weighted by Gasteiger charge is -2.13. The number of methoxy groups -OCH3 is 1. The number of hydrogen-bond donors (Lipinski definition) is 3. The first-order valence-corrected chi connectivity index (χ1v) is 5.00. The van der Waals surface area contributed by atoms with Gasteiger partial charge in [0.2, 0.25) is 11.2 Å². The summed E-state index contributed by atoms with van der Waals surface area (Å²) in [6, 6.07) is 0. The highest BCUT2D eigenvalue weighted by atomic mass is 35.5. The zero-order valence-electron chi connectivity index (χ0n) is 8.99. The summed E-state index contributed by atoms with van der Waals surface area (Å²) in [5, 5.41) is 19.3. The Balaban J connectivity index is 3.06. The maximum absolute atomic E-state index is 9.17. The summed E-state index contributed by atoms with van der Waals surface area (Å²) >= 11 is 5.66. The average Bonchev–Trinajstić information content (AvgIpc) is 2.25. The summed E-state index contributed by atoms with van der Waals surface area (Å²) in [5.74, 6) is 0.249. The van der Waals surface area contributed by atoms with E-state index in [2.05, 4.69) is 15.3 Å². The molecule has 6 nitrogen and oxygen atoms in total. The molecule has 0 spiro atoms. The monoisotopic (exact) mass is 244 g/mol. The van der Waals surface area contributed by atoms with Gasteiger partial charge in [-0.15, -0.1) is 0 Å². The average molecular weight is 245 g/mol. The fourth-order valence-electron chi connectivity index (χ4n) is 1.10. The molecule has 1 heterocycles. The highest BCUT2D eigenvalue weighted by Gasteiger charge is 2.13. The van der Waals surface area contributed by atoms with Crippen LogP contribution in [0, 0.1) is 5.41 Å². The van der Waals surface area contributed by atoms with Crippen LogP contribution < -0.4 is 10.1 Å². The van der Waals surface area contributed by atoms with Crippen LogP contribution in [-0.4, -0.2) is 41.0 Å². The van der Waals surface area contributed by atoms with Gasteiger partial charge in [0, 0.05) is 12.8 Å². The molecular weight excluding hydrogens is 232 g/mol. The van der Waals surface area contributed by atoms with E-state index in [0.29, 0.717) is 17.9 Å².